The Hall–Kier alpha value is -1.48. The van der Waals surface area contributed by atoms with Gasteiger partial charge in [-0.3, -0.25) is 0 Å². The predicted molar refractivity (Wildman–Crippen MR) is 89.7 cm³/mol. The first-order chi connectivity index (χ1) is 10.9. The maximum atomic E-state index is 6.23. The SMILES string of the molecule is C1=Cc2cc(OC3CCC(NCC4CC4)CC3)ccc2CN1. The largest absolute Gasteiger partial charge is 0.490 e. The zero-order valence-electron chi connectivity index (χ0n) is 13.2. The first-order valence-corrected chi connectivity index (χ1v) is 8.80. The van der Waals surface area contributed by atoms with Gasteiger partial charge in [0, 0.05) is 12.6 Å². The maximum absolute atomic E-state index is 6.23. The van der Waals surface area contributed by atoms with Gasteiger partial charge in [-0.25, -0.2) is 0 Å². The fourth-order valence-corrected chi connectivity index (χ4v) is 3.51. The van der Waals surface area contributed by atoms with Gasteiger partial charge in [-0.15, -0.1) is 0 Å². The van der Waals surface area contributed by atoms with Gasteiger partial charge in [0.25, 0.3) is 0 Å². The van der Waals surface area contributed by atoms with Crippen LogP contribution in [0.5, 0.6) is 5.75 Å². The molecule has 0 atom stereocenters. The van der Waals surface area contributed by atoms with E-state index in [0.717, 1.165) is 24.3 Å². The van der Waals surface area contributed by atoms with Crippen LogP contribution in [-0.4, -0.2) is 18.7 Å². The van der Waals surface area contributed by atoms with E-state index in [2.05, 4.69) is 34.9 Å². The molecule has 0 amide bonds. The van der Waals surface area contributed by atoms with Crippen LogP contribution in [0.1, 0.15) is 49.7 Å². The molecule has 1 aliphatic heterocycles. The number of nitrogens with one attached hydrogen (secondary N) is 2. The lowest BCUT2D eigenvalue weighted by molar-refractivity contribution is 0.139. The summed E-state index contributed by atoms with van der Waals surface area (Å²) in [6.07, 6.45) is 12.3. The molecule has 0 aromatic heterocycles. The molecule has 2 saturated carbocycles. The summed E-state index contributed by atoms with van der Waals surface area (Å²) < 4.78 is 6.23. The molecule has 2 aliphatic carbocycles. The van der Waals surface area contributed by atoms with Gasteiger partial charge in [-0.2, -0.15) is 0 Å². The quantitative estimate of drug-likeness (QED) is 0.873. The minimum absolute atomic E-state index is 0.391. The van der Waals surface area contributed by atoms with Crippen LogP contribution in [0.25, 0.3) is 6.08 Å². The van der Waals surface area contributed by atoms with Crippen molar-refractivity contribution < 1.29 is 4.74 Å². The van der Waals surface area contributed by atoms with E-state index in [-0.39, 0.29) is 0 Å². The highest BCUT2D eigenvalue weighted by atomic mass is 16.5. The van der Waals surface area contributed by atoms with Gasteiger partial charge in [0.05, 0.1) is 6.10 Å². The molecule has 22 heavy (non-hydrogen) atoms. The molecule has 1 aromatic rings. The third-order valence-corrected chi connectivity index (χ3v) is 5.16. The van der Waals surface area contributed by atoms with Gasteiger partial charge < -0.3 is 15.4 Å². The summed E-state index contributed by atoms with van der Waals surface area (Å²) in [5.74, 6) is 2.01. The third-order valence-electron chi connectivity index (χ3n) is 5.16. The van der Waals surface area contributed by atoms with Gasteiger partial charge >= 0.3 is 0 Å². The predicted octanol–water partition coefficient (Wildman–Crippen LogP) is 3.45. The van der Waals surface area contributed by atoms with E-state index in [0.29, 0.717) is 6.10 Å². The van der Waals surface area contributed by atoms with E-state index in [4.69, 9.17) is 4.74 Å². The molecule has 1 aromatic carbocycles. The van der Waals surface area contributed by atoms with Gasteiger partial charge in [-0.1, -0.05) is 6.07 Å². The lowest BCUT2D eigenvalue weighted by Gasteiger charge is -2.30. The Balaban J connectivity index is 1.28. The lowest BCUT2D eigenvalue weighted by atomic mass is 9.92. The first kappa shape index (κ1) is 14.1. The Kier molecular flexibility index (Phi) is 4.07. The topological polar surface area (TPSA) is 33.3 Å². The van der Waals surface area contributed by atoms with Crippen LogP contribution in [0.3, 0.4) is 0 Å². The highest BCUT2D eigenvalue weighted by molar-refractivity contribution is 5.57. The monoisotopic (exact) mass is 298 g/mol. The van der Waals surface area contributed by atoms with Crippen molar-refractivity contribution in [2.75, 3.05) is 6.54 Å². The maximum Gasteiger partial charge on any atom is 0.120 e. The Morgan fingerprint density at radius 1 is 1.09 bits per heavy atom. The van der Waals surface area contributed by atoms with Crippen LogP contribution < -0.4 is 15.4 Å². The zero-order chi connectivity index (χ0) is 14.8. The molecule has 4 rings (SSSR count). The molecule has 3 heteroatoms. The van der Waals surface area contributed by atoms with E-state index < -0.39 is 0 Å². The van der Waals surface area contributed by atoms with Crippen molar-refractivity contribution in [3.63, 3.8) is 0 Å². The van der Waals surface area contributed by atoms with Crippen molar-refractivity contribution in [1.82, 2.24) is 10.6 Å². The van der Waals surface area contributed by atoms with Gasteiger partial charge in [0.1, 0.15) is 5.75 Å². The smallest absolute Gasteiger partial charge is 0.120 e. The molecule has 2 fully saturated rings. The molecule has 1 heterocycles. The normalized spacial score (nSPS) is 27.1. The van der Waals surface area contributed by atoms with Crippen LogP contribution >= 0.6 is 0 Å². The lowest BCUT2D eigenvalue weighted by Crippen LogP contribution is -2.37. The highest BCUT2D eigenvalue weighted by Crippen LogP contribution is 2.30. The average Bonchev–Trinajstić information content (AvgIpc) is 3.38. The molecular formula is C19H26N2O. The van der Waals surface area contributed by atoms with E-state index in [1.54, 1.807) is 0 Å². The Morgan fingerprint density at radius 3 is 2.77 bits per heavy atom. The highest BCUT2D eigenvalue weighted by Gasteiger charge is 2.25. The number of rotatable bonds is 5. The summed E-state index contributed by atoms with van der Waals surface area (Å²) in [6.45, 7) is 2.16. The fourth-order valence-electron chi connectivity index (χ4n) is 3.51. The van der Waals surface area contributed by atoms with Crippen LogP contribution in [-0.2, 0) is 6.54 Å². The van der Waals surface area contributed by atoms with Crippen molar-refractivity contribution in [3.05, 3.63) is 35.5 Å². The molecule has 2 N–H and O–H groups in total. The molecule has 0 bridgehead atoms. The molecule has 3 nitrogen and oxygen atoms in total. The van der Waals surface area contributed by atoms with E-state index in [9.17, 15) is 0 Å². The van der Waals surface area contributed by atoms with E-state index >= 15 is 0 Å². The third kappa shape index (κ3) is 3.46. The summed E-state index contributed by atoms with van der Waals surface area (Å²) in [5.41, 5.74) is 2.64. The van der Waals surface area contributed by atoms with Crippen molar-refractivity contribution >= 4 is 6.08 Å². The second-order valence-electron chi connectivity index (χ2n) is 7.02. The summed E-state index contributed by atoms with van der Waals surface area (Å²) in [7, 11) is 0. The second-order valence-corrected chi connectivity index (χ2v) is 7.02. The summed E-state index contributed by atoms with van der Waals surface area (Å²) >= 11 is 0. The van der Waals surface area contributed by atoms with Gasteiger partial charge in [0.2, 0.25) is 0 Å². The Morgan fingerprint density at radius 2 is 1.95 bits per heavy atom. The zero-order valence-corrected chi connectivity index (χ0v) is 13.2. The number of fused-ring (bicyclic) bond motifs is 1. The minimum atomic E-state index is 0.391. The van der Waals surface area contributed by atoms with Crippen LogP contribution in [0, 0.1) is 5.92 Å². The van der Waals surface area contributed by atoms with Crippen LogP contribution in [0.2, 0.25) is 0 Å². The Labute approximate surface area is 133 Å². The summed E-state index contributed by atoms with van der Waals surface area (Å²) in [4.78, 5) is 0. The Bertz CT molecular complexity index is 542. The number of hydrogen-bond donors (Lipinski definition) is 2. The molecule has 3 aliphatic rings. The second kappa shape index (κ2) is 6.33. The average molecular weight is 298 g/mol. The van der Waals surface area contributed by atoms with Crippen molar-refractivity contribution in [2.45, 2.75) is 57.2 Å². The van der Waals surface area contributed by atoms with Gasteiger partial charge in [0.15, 0.2) is 0 Å². The summed E-state index contributed by atoms with van der Waals surface area (Å²) in [6, 6.07) is 7.21. The number of benzene rings is 1. The van der Waals surface area contributed by atoms with E-state index in [1.165, 1.54) is 56.2 Å². The molecule has 0 saturated heterocycles. The number of hydrogen-bond acceptors (Lipinski definition) is 3. The number of ether oxygens (including phenoxy) is 1. The fraction of sp³-hybridized carbons (Fsp3) is 0.579. The standard InChI is InChI=1S/C19H26N2O/c1-2-14(1)12-21-17-4-7-18(8-5-17)22-19-6-3-16-13-20-10-9-15(16)11-19/h3,6,9-11,14,17-18,20-21H,1-2,4-5,7-8,12-13H2. The van der Waals surface area contributed by atoms with Crippen LogP contribution in [0.4, 0.5) is 0 Å². The van der Waals surface area contributed by atoms with Crippen LogP contribution in [0.15, 0.2) is 24.4 Å². The van der Waals surface area contributed by atoms with Crippen molar-refractivity contribution in [2.24, 2.45) is 5.92 Å². The molecular weight excluding hydrogens is 272 g/mol. The van der Waals surface area contributed by atoms with E-state index in [1.807, 2.05) is 6.20 Å². The molecule has 0 unspecified atom stereocenters. The molecule has 0 spiro atoms. The van der Waals surface area contributed by atoms with Crippen molar-refractivity contribution in [1.29, 1.82) is 0 Å². The molecule has 0 radical (unpaired) electrons. The van der Waals surface area contributed by atoms with Crippen molar-refractivity contribution in [3.8, 4) is 5.75 Å². The molecule has 118 valence electrons. The minimum Gasteiger partial charge on any atom is -0.490 e. The first-order valence-electron chi connectivity index (χ1n) is 8.80. The van der Waals surface area contributed by atoms with Gasteiger partial charge in [-0.05, 0) is 86.5 Å². The summed E-state index contributed by atoms with van der Waals surface area (Å²) in [5, 5.41) is 6.98.